The summed E-state index contributed by atoms with van der Waals surface area (Å²) in [5, 5.41) is 8.25. The van der Waals surface area contributed by atoms with Gasteiger partial charge >= 0.3 is 0 Å². The third-order valence-corrected chi connectivity index (χ3v) is 5.81. The lowest BCUT2D eigenvalue weighted by molar-refractivity contribution is 0.284. The molecule has 10 heteroatoms. The monoisotopic (exact) mass is 516 g/mol. The van der Waals surface area contributed by atoms with E-state index in [0.29, 0.717) is 51.0 Å². The zero-order chi connectivity index (χ0) is 24.1. The van der Waals surface area contributed by atoms with E-state index in [4.69, 9.17) is 49.6 Å². The Morgan fingerprint density at radius 3 is 2.53 bits per heavy atom. The van der Waals surface area contributed by atoms with Crippen LogP contribution in [0.15, 0.2) is 60.7 Å². The van der Waals surface area contributed by atoms with Crippen LogP contribution in [0.3, 0.4) is 0 Å². The van der Waals surface area contributed by atoms with Crippen molar-refractivity contribution in [1.29, 1.82) is 0 Å². The van der Waals surface area contributed by atoms with Gasteiger partial charge in [0.05, 0.1) is 31.4 Å². The molecule has 0 aliphatic carbocycles. The van der Waals surface area contributed by atoms with Gasteiger partial charge in [-0.1, -0.05) is 47.5 Å². The first-order valence-corrected chi connectivity index (χ1v) is 11.4. The second kappa shape index (κ2) is 10.8. The maximum absolute atomic E-state index is 6.55. The van der Waals surface area contributed by atoms with Crippen LogP contribution < -0.4 is 19.6 Å². The van der Waals surface area contributed by atoms with E-state index in [1.807, 2.05) is 60.7 Å². The van der Waals surface area contributed by atoms with E-state index < -0.39 is 0 Å². The van der Waals surface area contributed by atoms with Crippen molar-refractivity contribution in [3.8, 4) is 28.6 Å². The molecule has 0 radical (unpaired) electrons. The Morgan fingerprint density at radius 2 is 1.76 bits per heavy atom. The zero-order valence-corrected chi connectivity index (χ0v) is 20.8. The maximum atomic E-state index is 6.55. The van der Waals surface area contributed by atoms with Gasteiger partial charge in [-0.3, -0.25) is 0 Å². The number of ether oxygens (including phenoxy) is 3. The summed E-state index contributed by atoms with van der Waals surface area (Å²) in [7, 11) is 3.18. The minimum atomic E-state index is 0.306. The number of aromatic nitrogens is 3. The Hall–Kier alpha value is -3.20. The second-order valence-corrected chi connectivity index (χ2v) is 8.48. The highest BCUT2D eigenvalue weighted by atomic mass is 35.5. The molecule has 34 heavy (non-hydrogen) atoms. The molecule has 0 saturated heterocycles. The largest absolute Gasteiger partial charge is 0.496 e. The number of benzene rings is 3. The van der Waals surface area contributed by atoms with Crippen molar-refractivity contribution >= 4 is 35.4 Å². The van der Waals surface area contributed by atoms with Gasteiger partial charge in [0.25, 0.3) is 0 Å². The highest BCUT2D eigenvalue weighted by molar-refractivity contribution is 7.71. The minimum Gasteiger partial charge on any atom is -0.496 e. The fourth-order valence-electron chi connectivity index (χ4n) is 3.42. The Kier molecular flexibility index (Phi) is 7.62. The Labute approximate surface area is 212 Å². The quantitative estimate of drug-likeness (QED) is 0.256. The van der Waals surface area contributed by atoms with Gasteiger partial charge in [0.1, 0.15) is 12.4 Å². The number of rotatable bonds is 9. The van der Waals surface area contributed by atoms with Crippen LogP contribution in [0.2, 0.25) is 10.0 Å². The van der Waals surface area contributed by atoms with Crippen molar-refractivity contribution in [3.05, 3.63) is 86.6 Å². The first kappa shape index (κ1) is 23.9. The van der Waals surface area contributed by atoms with Crippen LogP contribution in [-0.2, 0) is 13.2 Å². The number of hydrogen-bond donors (Lipinski definition) is 2. The summed E-state index contributed by atoms with van der Waals surface area (Å²) in [6, 6.07) is 18.7. The maximum Gasteiger partial charge on any atom is 0.214 e. The molecule has 1 aromatic heterocycles. The minimum absolute atomic E-state index is 0.306. The van der Waals surface area contributed by atoms with Gasteiger partial charge in [0, 0.05) is 5.02 Å². The van der Waals surface area contributed by atoms with E-state index in [2.05, 4.69) is 15.6 Å². The molecule has 3 aromatic carbocycles. The topological polar surface area (TPSA) is 73.3 Å². The van der Waals surface area contributed by atoms with Crippen LogP contribution in [0.4, 0.5) is 0 Å². The summed E-state index contributed by atoms with van der Waals surface area (Å²) < 4.78 is 19.0. The highest BCUT2D eigenvalue weighted by Gasteiger charge is 2.15. The molecule has 0 unspecified atom stereocenters. The number of nitrogens with one attached hydrogen (secondary N) is 2. The molecular formula is C24H22Cl2N4O3S. The molecule has 0 atom stereocenters. The number of halogens is 2. The number of aromatic amines is 1. The van der Waals surface area contributed by atoms with E-state index in [1.165, 1.54) is 0 Å². The number of H-pyrrole nitrogens is 1. The summed E-state index contributed by atoms with van der Waals surface area (Å²) in [4.78, 5) is 0. The summed E-state index contributed by atoms with van der Waals surface area (Å²) >= 11 is 18.0. The molecule has 0 bridgehead atoms. The van der Waals surface area contributed by atoms with Gasteiger partial charge in [-0.15, -0.1) is 0 Å². The van der Waals surface area contributed by atoms with Gasteiger partial charge < -0.3 is 19.6 Å². The van der Waals surface area contributed by atoms with E-state index in [1.54, 1.807) is 18.9 Å². The fourth-order valence-corrected chi connectivity index (χ4v) is 4.12. The zero-order valence-electron chi connectivity index (χ0n) is 18.5. The molecule has 0 saturated carbocycles. The summed E-state index contributed by atoms with van der Waals surface area (Å²) in [5.41, 5.74) is 5.87. The van der Waals surface area contributed by atoms with Crippen LogP contribution in [0.1, 0.15) is 11.1 Å². The summed E-state index contributed by atoms with van der Waals surface area (Å²) in [6.45, 7) is 0.710. The highest BCUT2D eigenvalue weighted by Crippen LogP contribution is 2.37. The summed E-state index contributed by atoms with van der Waals surface area (Å²) in [6.07, 6.45) is 0. The standard InChI is InChI=1S/C24H22Cl2N4O3S/c1-31-20-9-4-3-8-18(20)23-28-29-24(34)30(23)27-13-16-11-19(26)22(21(12-16)32-2)33-14-15-6-5-7-17(25)10-15/h3-12,27H,13-14H2,1-2H3,(H,29,34). The van der Waals surface area contributed by atoms with Crippen molar-refractivity contribution < 1.29 is 14.2 Å². The average molecular weight is 517 g/mol. The van der Waals surface area contributed by atoms with Crippen molar-refractivity contribution in [3.63, 3.8) is 0 Å². The van der Waals surface area contributed by atoms with Crippen LogP contribution in [0, 0.1) is 4.77 Å². The predicted octanol–water partition coefficient (Wildman–Crippen LogP) is 6.25. The normalized spacial score (nSPS) is 10.7. The Balaban J connectivity index is 1.54. The van der Waals surface area contributed by atoms with Crippen LogP contribution >= 0.6 is 35.4 Å². The van der Waals surface area contributed by atoms with Crippen LogP contribution in [0.25, 0.3) is 11.4 Å². The van der Waals surface area contributed by atoms with E-state index >= 15 is 0 Å². The van der Waals surface area contributed by atoms with E-state index in [9.17, 15) is 0 Å². The van der Waals surface area contributed by atoms with Gasteiger partial charge in [0.2, 0.25) is 4.77 Å². The lowest BCUT2D eigenvalue weighted by Gasteiger charge is -2.16. The molecule has 176 valence electrons. The predicted molar refractivity (Wildman–Crippen MR) is 136 cm³/mol. The molecule has 0 fully saturated rings. The van der Waals surface area contributed by atoms with Gasteiger partial charge in [-0.25, -0.2) is 9.77 Å². The molecule has 1 heterocycles. The van der Waals surface area contributed by atoms with Gasteiger partial charge in [-0.05, 0) is 59.7 Å². The fraction of sp³-hybridized carbons (Fsp3) is 0.167. The van der Waals surface area contributed by atoms with Crippen molar-refractivity contribution in [2.45, 2.75) is 13.2 Å². The molecule has 0 amide bonds. The van der Waals surface area contributed by atoms with E-state index in [0.717, 1.165) is 16.7 Å². The molecular weight excluding hydrogens is 495 g/mol. The number of hydrogen-bond acceptors (Lipinski definition) is 6. The first-order valence-electron chi connectivity index (χ1n) is 10.3. The second-order valence-electron chi connectivity index (χ2n) is 7.25. The van der Waals surface area contributed by atoms with Crippen molar-refractivity contribution in [2.75, 3.05) is 19.6 Å². The van der Waals surface area contributed by atoms with Crippen molar-refractivity contribution in [1.82, 2.24) is 14.9 Å². The third-order valence-electron chi connectivity index (χ3n) is 5.02. The van der Waals surface area contributed by atoms with Crippen LogP contribution in [0.5, 0.6) is 17.2 Å². The SMILES string of the molecule is COc1ccccc1-c1n[nH]c(=S)n1NCc1cc(Cl)c(OCc2cccc(Cl)c2)c(OC)c1. The molecule has 7 nitrogen and oxygen atoms in total. The van der Waals surface area contributed by atoms with Gasteiger partial charge in [-0.2, -0.15) is 5.10 Å². The molecule has 4 rings (SSSR count). The first-order chi connectivity index (χ1) is 16.5. The smallest absolute Gasteiger partial charge is 0.214 e. The molecule has 0 aliphatic heterocycles. The summed E-state index contributed by atoms with van der Waals surface area (Å²) in [5.74, 6) is 2.27. The van der Waals surface area contributed by atoms with Gasteiger partial charge in [0.15, 0.2) is 17.3 Å². The Morgan fingerprint density at radius 1 is 0.971 bits per heavy atom. The lowest BCUT2D eigenvalue weighted by Crippen LogP contribution is -2.16. The molecule has 2 N–H and O–H groups in total. The number of methoxy groups -OCH3 is 2. The van der Waals surface area contributed by atoms with Crippen molar-refractivity contribution in [2.24, 2.45) is 0 Å². The molecule has 0 aliphatic rings. The van der Waals surface area contributed by atoms with E-state index in [-0.39, 0.29) is 0 Å². The third kappa shape index (κ3) is 5.30. The lowest BCUT2D eigenvalue weighted by atomic mass is 10.2. The number of para-hydroxylation sites is 1. The Bertz CT molecular complexity index is 1360. The average Bonchev–Trinajstić information content (AvgIpc) is 3.21. The van der Waals surface area contributed by atoms with Crippen LogP contribution in [-0.4, -0.2) is 29.1 Å². The molecule has 4 aromatic rings. The molecule has 0 spiro atoms. The number of nitrogens with zero attached hydrogens (tertiary/aromatic N) is 2.